The van der Waals surface area contributed by atoms with Gasteiger partial charge in [-0.1, -0.05) is 53.9 Å². The fourth-order valence-electron chi connectivity index (χ4n) is 4.73. The van der Waals surface area contributed by atoms with E-state index in [9.17, 15) is 9.59 Å². The van der Waals surface area contributed by atoms with Crippen molar-refractivity contribution in [3.05, 3.63) is 116 Å². The number of hydrogen-bond donors (Lipinski definition) is 0. The van der Waals surface area contributed by atoms with Crippen LogP contribution in [0.1, 0.15) is 11.8 Å². The van der Waals surface area contributed by atoms with E-state index >= 15 is 0 Å². The van der Waals surface area contributed by atoms with E-state index in [-0.39, 0.29) is 11.2 Å². The molecule has 0 fully saturated rings. The van der Waals surface area contributed by atoms with Gasteiger partial charge in [0.15, 0.2) is 6.10 Å². The van der Waals surface area contributed by atoms with Crippen molar-refractivity contribution in [3.63, 3.8) is 0 Å². The molecule has 160 valence electrons. The van der Waals surface area contributed by atoms with E-state index in [4.69, 9.17) is 4.74 Å². The molecular formula is C27H19N3O3. The molecule has 4 aromatic rings. The van der Waals surface area contributed by atoms with Crippen LogP contribution >= 0.6 is 0 Å². The van der Waals surface area contributed by atoms with E-state index in [1.807, 2.05) is 66.7 Å². The van der Waals surface area contributed by atoms with Crippen LogP contribution in [0.5, 0.6) is 5.75 Å². The second-order valence-electron chi connectivity index (χ2n) is 8.10. The topological polar surface area (TPSA) is 58.2 Å². The van der Waals surface area contributed by atoms with Crippen molar-refractivity contribution >= 4 is 10.9 Å². The molecule has 1 aliphatic heterocycles. The fraction of sp³-hybridized carbons (Fsp3) is 0.111. The van der Waals surface area contributed by atoms with Gasteiger partial charge in [-0.2, -0.15) is 0 Å². The Balaban J connectivity index is 1.87. The van der Waals surface area contributed by atoms with E-state index in [0.717, 1.165) is 32.8 Å². The highest BCUT2D eigenvalue weighted by Gasteiger charge is 2.36. The maximum absolute atomic E-state index is 13.6. The zero-order chi connectivity index (χ0) is 22.7. The summed E-state index contributed by atoms with van der Waals surface area (Å²) in [6, 6.07) is 17.5. The van der Waals surface area contributed by atoms with Gasteiger partial charge in [-0.05, 0) is 35.9 Å². The number of hydrogen-bond acceptors (Lipinski definition) is 3. The number of aromatic nitrogens is 3. The third-order valence-corrected chi connectivity index (χ3v) is 6.24. The summed E-state index contributed by atoms with van der Waals surface area (Å²) >= 11 is 0. The van der Waals surface area contributed by atoms with Gasteiger partial charge in [-0.15, -0.1) is 0 Å². The lowest BCUT2D eigenvalue weighted by atomic mass is 10.0. The van der Waals surface area contributed by atoms with Crippen LogP contribution < -0.4 is 16.0 Å². The summed E-state index contributed by atoms with van der Waals surface area (Å²) in [5.74, 6) is 0.696. The minimum atomic E-state index is -0.539. The van der Waals surface area contributed by atoms with Gasteiger partial charge in [-0.25, -0.2) is 4.79 Å². The van der Waals surface area contributed by atoms with Gasteiger partial charge in [0, 0.05) is 19.7 Å². The van der Waals surface area contributed by atoms with Gasteiger partial charge in [0.1, 0.15) is 5.75 Å². The number of aryl methyl sites for hydroxylation is 1. The normalized spacial score (nSPS) is 15.8. The summed E-state index contributed by atoms with van der Waals surface area (Å²) in [6.45, 7) is 0. The summed E-state index contributed by atoms with van der Waals surface area (Å²) in [7, 11) is 3.21. The van der Waals surface area contributed by atoms with Crippen molar-refractivity contribution in [3.8, 4) is 22.7 Å². The quantitative estimate of drug-likeness (QED) is 0.450. The van der Waals surface area contributed by atoms with Gasteiger partial charge in [-0.3, -0.25) is 13.9 Å². The standard InChI is InChI=1S/C27H19N3O3/c1-28-23-21(26(31)29(2)27(28)32)22(17-11-5-3-6-12-17)30-19-15-9-10-16-20(19)33-25(24(23)30)18-13-7-4-8-14-18/h3,5-7,9-16,25H,1-2H3. The van der Waals surface area contributed by atoms with Crippen molar-refractivity contribution in [2.45, 2.75) is 6.10 Å². The van der Waals surface area contributed by atoms with Crippen LogP contribution in [0.2, 0.25) is 0 Å². The number of nitrogens with zero attached hydrogens (tertiary/aromatic N) is 3. The minimum Gasteiger partial charge on any atom is -0.477 e. The maximum Gasteiger partial charge on any atom is 0.331 e. The molecule has 0 saturated carbocycles. The Morgan fingerprint density at radius 1 is 0.909 bits per heavy atom. The largest absolute Gasteiger partial charge is 0.477 e. The Labute approximate surface area is 188 Å². The first-order valence-electron chi connectivity index (χ1n) is 10.6. The Bertz CT molecular complexity index is 1720. The summed E-state index contributed by atoms with van der Waals surface area (Å²) < 4.78 is 11.3. The highest BCUT2D eigenvalue weighted by atomic mass is 16.5. The molecule has 0 radical (unpaired) electrons. The lowest BCUT2D eigenvalue weighted by Gasteiger charge is -2.30. The average Bonchev–Trinajstić information content (AvgIpc) is 3.23. The molecule has 2 aromatic carbocycles. The Hall–Kier alpha value is -4.50. The lowest BCUT2D eigenvalue weighted by molar-refractivity contribution is 0.228. The van der Waals surface area contributed by atoms with Crippen LogP contribution in [0.15, 0.2) is 99.4 Å². The predicted molar refractivity (Wildman–Crippen MR) is 127 cm³/mol. The molecule has 0 bridgehead atoms. The van der Waals surface area contributed by atoms with E-state index in [0.29, 0.717) is 16.7 Å². The molecule has 1 aliphatic carbocycles. The SMILES string of the molecule is Cn1c(=O)c2c(-c3ccccc3)n3c(c2n(C)c1=O)C(C1=CC=C=C=C1)Oc1ccccc1-3. The van der Waals surface area contributed by atoms with E-state index in [1.165, 1.54) is 11.6 Å². The van der Waals surface area contributed by atoms with Crippen LogP contribution in [0.25, 0.3) is 27.8 Å². The number of benzene rings is 2. The third-order valence-electron chi connectivity index (χ3n) is 6.24. The number of para-hydroxylation sites is 2. The number of allylic oxidation sites excluding steroid dienone is 2. The second-order valence-corrected chi connectivity index (χ2v) is 8.10. The third kappa shape index (κ3) is 2.63. The number of ether oxygens (including phenoxy) is 1. The molecule has 1 atom stereocenters. The van der Waals surface area contributed by atoms with Gasteiger partial charge < -0.3 is 9.30 Å². The first kappa shape index (κ1) is 19.2. The molecule has 6 rings (SSSR count). The Morgan fingerprint density at radius 3 is 2.42 bits per heavy atom. The van der Waals surface area contributed by atoms with Crippen LogP contribution in [0.4, 0.5) is 0 Å². The van der Waals surface area contributed by atoms with E-state index in [1.54, 1.807) is 13.1 Å². The molecule has 6 nitrogen and oxygen atoms in total. The molecule has 0 saturated heterocycles. The zero-order valence-corrected chi connectivity index (χ0v) is 18.1. The van der Waals surface area contributed by atoms with Gasteiger partial charge in [0.25, 0.3) is 5.56 Å². The van der Waals surface area contributed by atoms with E-state index in [2.05, 4.69) is 16.0 Å². The number of fused-ring (bicyclic) bond motifs is 5. The van der Waals surface area contributed by atoms with Crippen molar-refractivity contribution in [2.75, 3.05) is 0 Å². The highest BCUT2D eigenvalue weighted by Crippen LogP contribution is 2.46. The zero-order valence-electron chi connectivity index (χ0n) is 18.1. The molecule has 0 N–H and O–H groups in total. The summed E-state index contributed by atoms with van der Waals surface area (Å²) in [5, 5.41) is 0.484. The summed E-state index contributed by atoms with van der Waals surface area (Å²) in [6.07, 6.45) is 4.98. The van der Waals surface area contributed by atoms with Crippen molar-refractivity contribution in [2.24, 2.45) is 14.1 Å². The molecule has 2 aliphatic rings. The monoisotopic (exact) mass is 433 g/mol. The Kier molecular flexibility index (Phi) is 4.08. The predicted octanol–water partition coefficient (Wildman–Crippen LogP) is 3.93. The molecule has 0 spiro atoms. The summed E-state index contributed by atoms with van der Waals surface area (Å²) in [5.41, 5.74) is 9.80. The van der Waals surface area contributed by atoms with Crippen LogP contribution in [0, 0.1) is 0 Å². The molecule has 2 aromatic heterocycles. The molecule has 1 unspecified atom stereocenters. The van der Waals surface area contributed by atoms with Gasteiger partial charge in [0.05, 0.1) is 28.0 Å². The molecule has 0 amide bonds. The fourth-order valence-corrected chi connectivity index (χ4v) is 4.73. The van der Waals surface area contributed by atoms with Gasteiger partial charge in [0.2, 0.25) is 0 Å². The van der Waals surface area contributed by atoms with Crippen molar-refractivity contribution in [1.82, 2.24) is 13.7 Å². The molecular weight excluding hydrogens is 414 g/mol. The van der Waals surface area contributed by atoms with Crippen LogP contribution in [-0.2, 0) is 14.1 Å². The molecule has 6 heteroatoms. The second kappa shape index (κ2) is 7.01. The smallest absolute Gasteiger partial charge is 0.331 e. The average molecular weight is 433 g/mol. The highest BCUT2D eigenvalue weighted by molar-refractivity contribution is 5.98. The van der Waals surface area contributed by atoms with Crippen molar-refractivity contribution in [1.29, 1.82) is 0 Å². The van der Waals surface area contributed by atoms with Gasteiger partial charge >= 0.3 is 5.69 Å². The maximum atomic E-state index is 13.6. The van der Waals surface area contributed by atoms with E-state index < -0.39 is 6.10 Å². The van der Waals surface area contributed by atoms with Crippen LogP contribution in [0.3, 0.4) is 0 Å². The number of rotatable bonds is 2. The van der Waals surface area contributed by atoms with Crippen LogP contribution in [-0.4, -0.2) is 13.7 Å². The first-order chi connectivity index (χ1) is 16.1. The van der Waals surface area contributed by atoms with Crippen molar-refractivity contribution < 1.29 is 4.74 Å². The first-order valence-corrected chi connectivity index (χ1v) is 10.6. The Morgan fingerprint density at radius 2 is 1.67 bits per heavy atom. The summed E-state index contributed by atoms with van der Waals surface area (Å²) in [4.78, 5) is 26.5. The minimum absolute atomic E-state index is 0.335. The lowest BCUT2D eigenvalue weighted by Crippen LogP contribution is -2.37. The molecule has 3 heterocycles. The molecule has 33 heavy (non-hydrogen) atoms.